The fourth-order valence-corrected chi connectivity index (χ4v) is 6.59. The van der Waals surface area contributed by atoms with Crippen LogP contribution in [-0.4, -0.2) is 31.4 Å². The first kappa shape index (κ1) is 34.8. The molecule has 2 unspecified atom stereocenters. The third kappa shape index (κ3) is 7.45. The number of halogens is 4. The third-order valence-electron chi connectivity index (χ3n) is 8.63. The van der Waals surface area contributed by atoms with Crippen molar-refractivity contribution in [1.29, 1.82) is 0 Å². The van der Waals surface area contributed by atoms with E-state index in [1.165, 1.54) is 36.4 Å². The summed E-state index contributed by atoms with van der Waals surface area (Å²) in [6.45, 7) is 7.79. The van der Waals surface area contributed by atoms with Crippen molar-refractivity contribution in [3.05, 3.63) is 139 Å². The van der Waals surface area contributed by atoms with Crippen molar-refractivity contribution in [3.8, 4) is 0 Å². The summed E-state index contributed by atoms with van der Waals surface area (Å²) in [6, 6.07) is 17.7. The molecule has 0 spiro atoms. The van der Waals surface area contributed by atoms with E-state index in [0.717, 1.165) is 11.3 Å². The fourth-order valence-electron chi connectivity index (χ4n) is 6.12. The molecule has 8 nitrogen and oxygen atoms in total. The van der Waals surface area contributed by atoms with Crippen LogP contribution in [0.15, 0.2) is 66.7 Å². The number of benzene rings is 3. The van der Waals surface area contributed by atoms with Crippen molar-refractivity contribution in [2.24, 2.45) is 7.05 Å². The number of nitrogens with zero attached hydrogens (tertiary/aromatic N) is 4. The van der Waals surface area contributed by atoms with E-state index in [4.69, 9.17) is 28.3 Å². The SMILES string of the molecule is Cc1nn(C)c(C)c1C(C(=O)NCc1ccc(F)cc1Cl)C(C(=O)NCc1ccc(F)cc1Cl)c1c(C)nn(Cc2ccccc2)c1C. The molecule has 0 radical (unpaired) electrons. The summed E-state index contributed by atoms with van der Waals surface area (Å²) in [5.74, 6) is -4.03. The van der Waals surface area contributed by atoms with Crippen molar-refractivity contribution >= 4 is 35.0 Å². The number of hydrogen-bond donors (Lipinski definition) is 2. The van der Waals surface area contributed by atoms with Crippen LogP contribution in [0.5, 0.6) is 0 Å². The minimum absolute atomic E-state index is 0.00242. The Morgan fingerprint density at radius 1 is 0.729 bits per heavy atom. The predicted octanol–water partition coefficient (Wildman–Crippen LogP) is 6.98. The second-order valence-electron chi connectivity index (χ2n) is 11.8. The van der Waals surface area contributed by atoms with Crippen LogP contribution in [0, 0.1) is 39.3 Å². The highest BCUT2D eigenvalue weighted by atomic mass is 35.5. The fraction of sp³-hybridized carbons (Fsp3) is 0.278. The number of carbonyl (C=O) groups excluding carboxylic acids is 2. The number of aryl methyl sites for hydroxylation is 3. The van der Waals surface area contributed by atoms with Crippen molar-refractivity contribution in [3.63, 3.8) is 0 Å². The summed E-state index contributed by atoms with van der Waals surface area (Å²) in [5.41, 5.74) is 5.83. The molecule has 12 heteroatoms. The lowest BCUT2D eigenvalue weighted by Crippen LogP contribution is -2.40. The summed E-state index contributed by atoms with van der Waals surface area (Å²) >= 11 is 12.6. The topological polar surface area (TPSA) is 93.8 Å². The maximum atomic E-state index is 14.5. The Balaban J connectivity index is 1.61. The first-order valence-electron chi connectivity index (χ1n) is 15.4. The molecule has 2 amide bonds. The van der Waals surface area contributed by atoms with Crippen LogP contribution in [0.2, 0.25) is 10.0 Å². The van der Waals surface area contributed by atoms with E-state index >= 15 is 0 Å². The largest absolute Gasteiger partial charge is 0.351 e. The van der Waals surface area contributed by atoms with Crippen LogP contribution in [-0.2, 0) is 36.3 Å². The van der Waals surface area contributed by atoms with E-state index in [-0.39, 0.29) is 23.1 Å². The number of amides is 2. The van der Waals surface area contributed by atoms with Gasteiger partial charge in [0.15, 0.2) is 0 Å². The van der Waals surface area contributed by atoms with Crippen LogP contribution in [0.3, 0.4) is 0 Å². The van der Waals surface area contributed by atoms with Gasteiger partial charge in [-0.25, -0.2) is 8.78 Å². The number of carbonyl (C=O) groups is 2. The second-order valence-corrected chi connectivity index (χ2v) is 12.6. The molecule has 0 aliphatic heterocycles. The van der Waals surface area contributed by atoms with E-state index in [1.54, 1.807) is 18.7 Å². The zero-order valence-electron chi connectivity index (χ0n) is 27.2. The van der Waals surface area contributed by atoms with Crippen molar-refractivity contribution in [2.45, 2.75) is 59.2 Å². The van der Waals surface area contributed by atoms with Crippen molar-refractivity contribution < 1.29 is 18.4 Å². The first-order chi connectivity index (χ1) is 22.8. The Bertz CT molecular complexity index is 1970. The molecule has 2 heterocycles. The highest BCUT2D eigenvalue weighted by molar-refractivity contribution is 6.31. The minimum atomic E-state index is -1.07. The maximum absolute atomic E-state index is 14.5. The summed E-state index contributed by atoms with van der Waals surface area (Å²) in [6.07, 6.45) is 0. The zero-order valence-corrected chi connectivity index (χ0v) is 28.8. The van der Waals surface area contributed by atoms with Gasteiger partial charge in [-0.3, -0.25) is 19.0 Å². The molecular formula is C36H36Cl2F2N6O2. The molecule has 48 heavy (non-hydrogen) atoms. The van der Waals surface area contributed by atoms with E-state index < -0.39 is 35.3 Å². The van der Waals surface area contributed by atoms with Crippen LogP contribution < -0.4 is 10.6 Å². The van der Waals surface area contributed by atoms with E-state index in [1.807, 2.05) is 55.8 Å². The van der Waals surface area contributed by atoms with Gasteiger partial charge in [-0.2, -0.15) is 10.2 Å². The Morgan fingerprint density at radius 3 is 1.67 bits per heavy atom. The quantitative estimate of drug-likeness (QED) is 0.156. The van der Waals surface area contributed by atoms with Crippen LogP contribution in [0.1, 0.15) is 62.4 Å². The maximum Gasteiger partial charge on any atom is 0.229 e. The molecular weight excluding hydrogens is 657 g/mol. The van der Waals surface area contributed by atoms with Gasteiger partial charge in [-0.1, -0.05) is 65.7 Å². The lowest BCUT2D eigenvalue weighted by Gasteiger charge is -2.27. The molecule has 2 atom stereocenters. The predicted molar refractivity (Wildman–Crippen MR) is 182 cm³/mol. The Morgan fingerprint density at radius 2 is 1.21 bits per heavy atom. The van der Waals surface area contributed by atoms with Gasteiger partial charge in [-0.15, -0.1) is 0 Å². The summed E-state index contributed by atoms with van der Waals surface area (Å²) in [4.78, 5) is 29.0. The molecule has 0 saturated carbocycles. The molecule has 5 rings (SSSR count). The van der Waals surface area contributed by atoms with Gasteiger partial charge in [0.2, 0.25) is 11.8 Å². The summed E-state index contributed by atoms with van der Waals surface area (Å²) in [5, 5.41) is 15.6. The van der Waals surface area contributed by atoms with Gasteiger partial charge < -0.3 is 10.6 Å². The molecule has 0 bridgehead atoms. The lowest BCUT2D eigenvalue weighted by atomic mass is 9.78. The normalized spacial score (nSPS) is 12.5. The molecule has 250 valence electrons. The highest BCUT2D eigenvalue weighted by Gasteiger charge is 2.42. The van der Waals surface area contributed by atoms with Gasteiger partial charge in [0.25, 0.3) is 0 Å². The molecule has 0 aliphatic rings. The Kier molecular flexibility index (Phi) is 10.7. The van der Waals surface area contributed by atoms with Gasteiger partial charge in [0.05, 0.1) is 29.8 Å². The van der Waals surface area contributed by atoms with Crippen molar-refractivity contribution in [2.75, 3.05) is 0 Å². The highest BCUT2D eigenvalue weighted by Crippen LogP contribution is 2.40. The van der Waals surface area contributed by atoms with E-state index in [0.29, 0.717) is 45.9 Å². The zero-order chi connectivity index (χ0) is 34.7. The number of aromatic nitrogens is 4. The average molecular weight is 694 g/mol. The molecule has 2 N–H and O–H groups in total. The smallest absolute Gasteiger partial charge is 0.229 e. The number of nitrogens with one attached hydrogen (secondary N) is 2. The second kappa shape index (κ2) is 14.7. The van der Waals surface area contributed by atoms with Crippen molar-refractivity contribution in [1.82, 2.24) is 30.2 Å². The first-order valence-corrected chi connectivity index (χ1v) is 16.1. The van der Waals surface area contributed by atoms with Crippen LogP contribution in [0.4, 0.5) is 8.78 Å². The molecule has 2 aromatic heterocycles. The van der Waals surface area contributed by atoms with Gasteiger partial charge in [-0.05, 0) is 68.7 Å². The lowest BCUT2D eigenvalue weighted by molar-refractivity contribution is -0.129. The Hall–Kier alpha value is -4.54. The molecule has 0 fully saturated rings. The Labute approximate surface area is 288 Å². The van der Waals surface area contributed by atoms with Crippen LogP contribution >= 0.6 is 23.2 Å². The minimum Gasteiger partial charge on any atom is -0.351 e. The average Bonchev–Trinajstić information content (AvgIpc) is 3.45. The summed E-state index contributed by atoms with van der Waals surface area (Å²) < 4.78 is 31.0. The summed E-state index contributed by atoms with van der Waals surface area (Å²) in [7, 11) is 1.78. The number of rotatable bonds is 11. The molecule has 3 aromatic carbocycles. The van der Waals surface area contributed by atoms with E-state index in [2.05, 4.69) is 15.7 Å². The molecule has 5 aromatic rings. The van der Waals surface area contributed by atoms with Gasteiger partial charge >= 0.3 is 0 Å². The standard InChI is InChI=1S/C36H36Cl2F2N6O2/c1-20-31(22(3)45(5)43-20)33(35(47)41-17-25-11-13-27(39)15-29(25)37)34(36(48)42-18-26-12-14-28(40)16-30(26)38)32-21(2)44-46(23(32)4)19-24-9-7-6-8-10-24/h6-16,33-34H,17-19H2,1-5H3,(H,41,47)(H,42,48). The molecule has 0 aliphatic carbocycles. The van der Waals surface area contributed by atoms with Crippen LogP contribution in [0.25, 0.3) is 0 Å². The van der Waals surface area contributed by atoms with Gasteiger partial charge in [0.1, 0.15) is 11.6 Å². The van der Waals surface area contributed by atoms with E-state index in [9.17, 15) is 18.4 Å². The van der Waals surface area contributed by atoms with Gasteiger partial charge in [0, 0.05) is 52.7 Å². The molecule has 0 saturated heterocycles. The monoisotopic (exact) mass is 692 g/mol. The number of hydrogen-bond acceptors (Lipinski definition) is 4. The third-order valence-corrected chi connectivity index (χ3v) is 9.34.